The summed E-state index contributed by atoms with van der Waals surface area (Å²) in [7, 11) is 0. The lowest BCUT2D eigenvalue weighted by atomic mass is 9.92. The highest BCUT2D eigenvalue weighted by Gasteiger charge is 2.29. The first-order valence-corrected chi connectivity index (χ1v) is 7.46. The van der Waals surface area contributed by atoms with Crippen LogP contribution in [0.2, 0.25) is 0 Å². The van der Waals surface area contributed by atoms with E-state index in [-0.39, 0.29) is 18.0 Å². The Kier molecular flexibility index (Phi) is 3.92. The summed E-state index contributed by atoms with van der Waals surface area (Å²) in [6, 6.07) is 8.22. The van der Waals surface area contributed by atoms with Crippen molar-refractivity contribution in [1.29, 1.82) is 0 Å². The van der Waals surface area contributed by atoms with Gasteiger partial charge in [0.25, 0.3) is 0 Å². The molecule has 0 aliphatic carbocycles. The molecule has 2 heterocycles. The molecule has 3 rings (SSSR count). The Hall–Kier alpha value is -1.55. The fourth-order valence-corrected chi connectivity index (χ4v) is 3.11. The number of rotatable bonds is 3. The maximum absolute atomic E-state index is 12.4. The van der Waals surface area contributed by atoms with Crippen molar-refractivity contribution < 1.29 is 9.53 Å². The zero-order chi connectivity index (χ0) is 13.9. The zero-order valence-corrected chi connectivity index (χ0v) is 11.9. The van der Waals surface area contributed by atoms with Gasteiger partial charge in [-0.05, 0) is 37.3 Å². The highest BCUT2D eigenvalue weighted by Crippen LogP contribution is 2.25. The zero-order valence-electron chi connectivity index (χ0n) is 11.9. The summed E-state index contributed by atoms with van der Waals surface area (Å²) in [5, 5.41) is 6.48. The van der Waals surface area contributed by atoms with Gasteiger partial charge in [-0.25, -0.2) is 0 Å². The number of amides is 1. The summed E-state index contributed by atoms with van der Waals surface area (Å²) in [6.45, 7) is 3.74. The Labute approximate surface area is 119 Å². The van der Waals surface area contributed by atoms with Crippen LogP contribution in [0.15, 0.2) is 24.3 Å². The van der Waals surface area contributed by atoms with E-state index in [4.69, 9.17) is 4.74 Å². The van der Waals surface area contributed by atoms with Crippen LogP contribution >= 0.6 is 0 Å². The lowest BCUT2D eigenvalue weighted by molar-refractivity contribution is -0.122. The van der Waals surface area contributed by atoms with Crippen LogP contribution in [0, 0.1) is 5.92 Å². The summed E-state index contributed by atoms with van der Waals surface area (Å²) < 4.78 is 5.37. The molecule has 4 nitrogen and oxygen atoms in total. The molecule has 4 heteroatoms. The van der Waals surface area contributed by atoms with E-state index in [9.17, 15) is 4.79 Å². The third kappa shape index (κ3) is 2.80. The standard InChI is InChI=1S/C16H22N2O2/c1-11(12-6-8-20-9-7-12)17-16(19)15-10-13-4-2-3-5-14(13)18-15/h2-5,11-12,15,18H,6-10H2,1H3,(H,17,19)/t11?,15-/m0/s1. The molecule has 2 atom stereocenters. The molecule has 0 spiro atoms. The van der Waals surface area contributed by atoms with Crippen LogP contribution < -0.4 is 10.6 Å². The Morgan fingerprint density at radius 3 is 2.85 bits per heavy atom. The molecule has 108 valence electrons. The third-order valence-corrected chi connectivity index (χ3v) is 4.43. The van der Waals surface area contributed by atoms with Crippen LogP contribution in [-0.2, 0) is 16.0 Å². The monoisotopic (exact) mass is 274 g/mol. The van der Waals surface area contributed by atoms with E-state index in [1.54, 1.807) is 0 Å². The largest absolute Gasteiger partial charge is 0.381 e. The van der Waals surface area contributed by atoms with E-state index >= 15 is 0 Å². The number of carbonyl (C=O) groups excluding carboxylic acids is 1. The van der Waals surface area contributed by atoms with Gasteiger partial charge in [-0.2, -0.15) is 0 Å². The lowest BCUT2D eigenvalue weighted by Gasteiger charge is -2.29. The molecule has 1 unspecified atom stereocenters. The van der Waals surface area contributed by atoms with E-state index in [0.717, 1.165) is 38.2 Å². The van der Waals surface area contributed by atoms with Crippen molar-refractivity contribution in [3.05, 3.63) is 29.8 Å². The Bertz CT molecular complexity index is 458. The molecular weight excluding hydrogens is 252 g/mol. The van der Waals surface area contributed by atoms with Gasteiger partial charge in [-0.15, -0.1) is 0 Å². The number of ether oxygens (including phenoxy) is 1. The van der Waals surface area contributed by atoms with Crippen molar-refractivity contribution in [2.45, 2.75) is 38.3 Å². The van der Waals surface area contributed by atoms with Crippen LogP contribution in [0.3, 0.4) is 0 Å². The van der Waals surface area contributed by atoms with Crippen LogP contribution in [-0.4, -0.2) is 31.2 Å². The first-order chi connectivity index (χ1) is 9.74. The van der Waals surface area contributed by atoms with Gasteiger partial charge in [0.15, 0.2) is 0 Å². The fourth-order valence-electron chi connectivity index (χ4n) is 3.11. The van der Waals surface area contributed by atoms with Crippen molar-refractivity contribution in [1.82, 2.24) is 5.32 Å². The minimum absolute atomic E-state index is 0.111. The first kappa shape index (κ1) is 13.4. The van der Waals surface area contributed by atoms with E-state index in [1.807, 2.05) is 18.2 Å². The van der Waals surface area contributed by atoms with Crippen molar-refractivity contribution in [3.8, 4) is 0 Å². The molecule has 2 N–H and O–H groups in total. The Balaban J connectivity index is 1.55. The normalized spacial score (nSPS) is 23.8. The second-order valence-corrected chi connectivity index (χ2v) is 5.81. The van der Waals surface area contributed by atoms with Gasteiger partial charge in [0.05, 0.1) is 0 Å². The second kappa shape index (κ2) is 5.83. The SMILES string of the molecule is CC(NC(=O)[C@@H]1Cc2ccccc2N1)C1CCOCC1. The highest BCUT2D eigenvalue weighted by molar-refractivity contribution is 5.87. The molecule has 1 fully saturated rings. The van der Waals surface area contributed by atoms with Gasteiger partial charge in [-0.1, -0.05) is 18.2 Å². The molecule has 1 aromatic carbocycles. The maximum Gasteiger partial charge on any atom is 0.243 e. The van der Waals surface area contributed by atoms with Crippen LogP contribution in [0.1, 0.15) is 25.3 Å². The van der Waals surface area contributed by atoms with E-state index in [2.05, 4.69) is 23.6 Å². The number of benzene rings is 1. The molecule has 0 saturated carbocycles. The van der Waals surface area contributed by atoms with E-state index in [0.29, 0.717) is 5.92 Å². The number of anilines is 1. The number of para-hydroxylation sites is 1. The van der Waals surface area contributed by atoms with Crippen LogP contribution in [0.25, 0.3) is 0 Å². The molecule has 2 aliphatic heterocycles. The van der Waals surface area contributed by atoms with E-state index < -0.39 is 0 Å². The lowest BCUT2D eigenvalue weighted by Crippen LogP contribution is -2.46. The van der Waals surface area contributed by atoms with Crippen molar-refractivity contribution in [3.63, 3.8) is 0 Å². The summed E-state index contributed by atoms with van der Waals surface area (Å²) in [5.41, 5.74) is 2.32. The summed E-state index contributed by atoms with van der Waals surface area (Å²) in [5.74, 6) is 0.650. The predicted octanol–water partition coefficient (Wildman–Crippen LogP) is 1.95. The first-order valence-electron chi connectivity index (χ1n) is 7.46. The molecule has 0 aromatic heterocycles. The van der Waals surface area contributed by atoms with Gasteiger partial charge in [0, 0.05) is 31.4 Å². The van der Waals surface area contributed by atoms with Crippen molar-refractivity contribution >= 4 is 11.6 Å². The van der Waals surface area contributed by atoms with Crippen LogP contribution in [0.4, 0.5) is 5.69 Å². The van der Waals surface area contributed by atoms with Crippen molar-refractivity contribution in [2.75, 3.05) is 18.5 Å². The smallest absolute Gasteiger partial charge is 0.243 e. The Morgan fingerprint density at radius 2 is 2.10 bits per heavy atom. The summed E-state index contributed by atoms with van der Waals surface area (Å²) >= 11 is 0. The molecule has 1 amide bonds. The highest BCUT2D eigenvalue weighted by atomic mass is 16.5. The maximum atomic E-state index is 12.4. The molecule has 0 bridgehead atoms. The topological polar surface area (TPSA) is 50.4 Å². The van der Waals surface area contributed by atoms with Gasteiger partial charge < -0.3 is 15.4 Å². The summed E-state index contributed by atoms with van der Waals surface area (Å²) in [4.78, 5) is 12.4. The van der Waals surface area contributed by atoms with Crippen molar-refractivity contribution in [2.24, 2.45) is 5.92 Å². The minimum atomic E-state index is -0.130. The quantitative estimate of drug-likeness (QED) is 0.886. The minimum Gasteiger partial charge on any atom is -0.381 e. The number of carbonyl (C=O) groups is 1. The number of hydrogen-bond acceptors (Lipinski definition) is 3. The molecular formula is C16H22N2O2. The molecule has 1 saturated heterocycles. The molecule has 0 radical (unpaired) electrons. The third-order valence-electron chi connectivity index (χ3n) is 4.43. The fraction of sp³-hybridized carbons (Fsp3) is 0.562. The van der Waals surface area contributed by atoms with Gasteiger partial charge in [0.2, 0.25) is 5.91 Å². The van der Waals surface area contributed by atoms with Gasteiger partial charge in [-0.3, -0.25) is 4.79 Å². The van der Waals surface area contributed by atoms with Gasteiger partial charge in [0.1, 0.15) is 6.04 Å². The number of hydrogen-bond donors (Lipinski definition) is 2. The Morgan fingerprint density at radius 1 is 1.35 bits per heavy atom. The second-order valence-electron chi connectivity index (χ2n) is 5.81. The average molecular weight is 274 g/mol. The molecule has 2 aliphatic rings. The average Bonchev–Trinajstić information content (AvgIpc) is 2.92. The number of fused-ring (bicyclic) bond motifs is 1. The molecule has 20 heavy (non-hydrogen) atoms. The van der Waals surface area contributed by atoms with Gasteiger partial charge >= 0.3 is 0 Å². The number of nitrogens with one attached hydrogen (secondary N) is 2. The van der Waals surface area contributed by atoms with Crippen LogP contribution in [0.5, 0.6) is 0 Å². The predicted molar refractivity (Wildman–Crippen MR) is 78.7 cm³/mol. The summed E-state index contributed by atoms with van der Waals surface area (Å²) in [6.07, 6.45) is 2.86. The van der Waals surface area contributed by atoms with E-state index in [1.165, 1.54) is 5.56 Å². The molecule has 1 aromatic rings.